The molecule has 1 amide bonds. The Balaban J connectivity index is 1.70. The first-order valence-corrected chi connectivity index (χ1v) is 11.6. The van der Waals surface area contributed by atoms with E-state index in [4.69, 9.17) is 9.72 Å². The summed E-state index contributed by atoms with van der Waals surface area (Å²) in [5, 5.41) is 19.7. The van der Waals surface area contributed by atoms with E-state index in [1.807, 2.05) is 30.9 Å². The Kier molecular flexibility index (Phi) is 6.90. The topological polar surface area (TPSA) is 106 Å². The maximum Gasteiger partial charge on any atom is 0.248 e. The van der Waals surface area contributed by atoms with Gasteiger partial charge in [-0.2, -0.15) is 10.5 Å². The second-order valence-corrected chi connectivity index (χ2v) is 8.67. The molecule has 2 aromatic rings. The first-order valence-electron chi connectivity index (χ1n) is 11.6. The standard InChI is InChI=1S/C26H28N6O2/c1-4-21-11-22(20(13-28)14-29-21)23-10-19(12-27)26(30-25(23)18-6-7-18)31-8-9-32(17(3)15-31)24(33)16-34-5-2/h4,10-11,14,17-18H,1,5-9,15-16H2,2-3H3. The van der Waals surface area contributed by atoms with E-state index in [-0.39, 0.29) is 18.6 Å². The number of amides is 1. The fourth-order valence-electron chi connectivity index (χ4n) is 4.41. The Labute approximate surface area is 200 Å². The number of ether oxygens (including phenoxy) is 1. The van der Waals surface area contributed by atoms with Gasteiger partial charge in [-0.1, -0.05) is 6.58 Å². The van der Waals surface area contributed by atoms with Crippen LogP contribution in [0.2, 0.25) is 0 Å². The molecule has 0 aromatic carbocycles. The Morgan fingerprint density at radius 2 is 2.00 bits per heavy atom. The van der Waals surface area contributed by atoms with E-state index in [1.165, 1.54) is 0 Å². The molecular formula is C26H28N6O2. The summed E-state index contributed by atoms with van der Waals surface area (Å²) in [5.74, 6) is 0.935. The van der Waals surface area contributed by atoms with Crippen LogP contribution < -0.4 is 4.90 Å². The predicted molar refractivity (Wildman–Crippen MR) is 129 cm³/mol. The number of nitrogens with zero attached hydrogens (tertiary/aromatic N) is 6. The predicted octanol–water partition coefficient (Wildman–Crippen LogP) is 3.48. The summed E-state index contributed by atoms with van der Waals surface area (Å²) in [4.78, 5) is 25.7. The summed E-state index contributed by atoms with van der Waals surface area (Å²) in [7, 11) is 0. The number of aromatic nitrogens is 2. The zero-order valence-corrected chi connectivity index (χ0v) is 19.6. The quantitative estimate of drug-likeness (QED) is 0.628. The normalized spacial score (nSPS) is 17.7. The maximum atomic E-state index is 12.5. The molecule has 1 atom stereocenters. The van der Waals surface area contributed by atoms with Gasteiger partial charge in [-0.15, -0.1) is 0 Å². The molecule has 8 nitrogen and oxygen atoms in total. The fourth-order valence-corrected chi connectivity index (χ4v) is 4.41. The molecule has 3 heterocycles. The lowest BCUT2D eigenvalue weighted by atomic mass is 9.96. The van der Waals surface area contributed by atoms with Crippen molar-refractivity contribution < 1.29 is 9.53 Å². The molecule has 0 bridgehead atoms. The highest BCUT2D eigenvalue weighted by atomic mass is 16.5. The number of rotatable bonds is 7. The summed E-state index contributed by atoms with van der Waals surface area (Å²) >= 11 is 0. The Morgan fingerprint density at radius 1 is 1.24 bits per heavy atom. The van der Waals surface area contributed by atoms with Gasteiger partial charge in [0, 0.05) is 55.5 Å². The van der Waals surface area contributed by atoms with Gasteiger partial charge in [-0.05, 0) is 44.9 Å². The molecule has 1 saturated heterocycles. The van der Waals surface area contributed by atoms with Gasteiger partial charge in [0.1, 0.15) is 24.6 Å². The summed E-state index contributed by atoms with van der Waals surface area (Å²) in [6.07, 6.45) is 5.25. The Morgan fingerprint density at radius 3 is 2.62 bits per heavy atom. The zero-order chi connectivity index (χ0) is 24.2. The number of hydrogen-bond donors (Lipinski definition) is 0. The second-order valence-electron chi connectivity index (χ2n) is 8.67. The van der Waals surface area contributed by atoms with Crippen LogP contribution in [0.15, 0.2) is 24.9 Å². The van der Waals surface area contributed by atoms with Gasteiger partial charge in [-0.25, -0.2) is 4.98 Å². The van der Waals surface area contributed by atoms with E-state index in [0.29, 0.717) is 54.8 Å². The van der Waals surface area contributed by atoms with Crippen molar-refractivity contribution in [1.29, 1.82) is 10.5 Å². The van der Waals surface area contributed by atoms with E-state index < -0.39 is 0 Å². The number of anilines is 1. The number of piperazine rings is 1. The first kappa shape index (κ1) is 23.4. The summed E-state index contributed by atoms with van der Waals surface area (Å²) in [5.41, 5.74) is 4.02. The minimum absolute atomic E-state index is 0.0174. The Hall–Kier alpha value is -3.75. The molecule has 0 spiro atoms. The number of carbonyl (C=O) groups excluding carboxylic acids is 1. The van der Waals surface area contributed by atoms with Gasteiger partial charge in [0.25, 0.3) is 0 Å². The third-order valence-electron chi connectivity index (χ3n) is 6.34. The average molecular weight is 457 g/mol. The highest BCUT2D eigenvalue weighted by Gasteiger charge is 2.33. The fraction of sp³-hybridized carbons (Fsp3) is 0.423. The third kappa shape index (κ3) is 4.64. The highest BCUT2D eigenvalue weighted by Crippen LogP contribution is 2.45. The molecule has 174 valence electrons. The maximum absolute atomic E-state index is 12.5. The molecule has 0 N–H and O–H groups in total. The van der Waals surface area contributed by atoms with Crippen LogP contribution in [0, 0.1) is 22.7 Å². The third-order valence-corrected chi connectivity index (χ3v) is 6.34. The molecule has 1 aliphatic carbocycles. The molecular weight excluding hydrogens is 428 g/mol. The van der Waals surface area contributed by atoms with E-state index >= 15 is 0 Å². The SMILES string of the molecule is C=Cc1cc(-c2cc(C#N)c(N3CCN(C(=O)COCC)C(C)C3)nc2C2CC2)c(C#N)cn1. The van der Waals surface area contributed by atoms with Crippen LogP contribution in [0.1, 0.15) is 55.1 Å². The average Bonchev–Trinajstić information content (AvgIpc) is 3.71. The van der Waals surface area contributed by atoms with Crippen LogP contribution in [0.5, 0.6) is 0 Å². The van der Waals surface area contributed by atoms with Crippen molar-refractivity contribution in [1.82, 2.24) is 14.9 Å². The van der Waals surface area contributed by atoms with Gasteiger partial charge < -0.3 is 14.5 Å². The van der Waals surface area contributed by atoms with Crippen molar-refractivity contribution in [3.8, 4) is 23.3 Å². The monoisotopic (exact) mass is 456 g/mol. The number of carbonyl (C=O) groups is 1. The minimum Gasteiger partial charge on any atom is -0.372 e. The van der Waals surface area contributed by atoms with Crippen LogP contribution >= 0.6 is 0 Å². The van der Waals surface area contributed by atoms with Gasteiger partial charge in [0.05, 0.1) is 22.5 Å². The summed E-state index contributed by atoms with van der Waals surface area (Å²) in [6.45, 7) is 9.98. The molecule has 1 saturated carbocycles. The molecule has 2 fully saturated rings. The molecule has 34 heavy (non-hydrogen) atoms. The number of hydrogen-bond acceptors (Lipinski definition) is 7. The number of nitriles is 2. The lowest BCUT2D eigenvalue weighted by Crippen LogP contribution is -2.55. The minimum atomic E-state index is -0.0281. The van der Waals surface area contributed by atoms with Gasteiger partial charge in [-0.3, -0.25) is 9.78 Å². The lowest BCUT2D eigenvalue weighted by Gasteiger charge is -2.40. The van der Waals surface area contributed by atoms with Crippen LogP contribution in [0.3, 0.4) is 0 Å². The molecule has 2 aliphatic rings. The van der Waals surface area contributed by atoms with Crippen molar-refractivity contribution in [2.45, 2.75) is 38.6 Å². The second kappa shape index (κ2) is 10.0. The van der Waals surface area contributed by atoms with E-state index in [0.717, 1.165) is 29.7 Å². The largest absolute Gasteiger partial charge is 0.372 e. The molecule has 8 heteroatoms. The van der Waals surface area contributed by atoms with Crippen LogP contribution in [-0.4, -0.2) is 59.7 Å². The molecule has 4 rings (SSSR count). The smallest absolute Gasteiger partial charge is 0.248 e. The van der Waals surface area contributed by atoms with Crippen molar-refractivity contribution in [3.05, 3.63) is 47.4 Å². The van der Waals surface area contributed by atoms with Crippen LogP contribution in [0.4, 0.5) is 5.82 Å². The van der Waals surface area contributed by atoms with Crippen molar-refractivity contribution >= 4 is 17.8 Å². The lowest BCUT2D eigenvalue weighted by molar-refractivity contribution is -0.138. The van der Waals surface area contributed by atoms with Crippen molar-refractivity contribution in [2.24, 2.45) is 0 Å². The number of pyridine rings is 2. The van der Waals surface area contributed by atoms with Crippen molar-refractivity contribution in [3.63, 3.8) is 0 Å². The Bertz CT molecular complexity index is 1190. The molecule has 1 unspecified atom stereocenters. The van der Waals surface area contributed by atoms with Crippen LogP contribution in [-0.2, 0) is 9.53 Å². The van der Waals surface area contributed by atoms with E-state index in [9.17, 15) is 15.3 Å². The van der Waals surface area contributed by atoms with E-state index in [1.54, 1.807) is 12.3 Å². The molecule has 2 aromatic heterocycles. The first-order chi connectivity index (χ1) is 16.5. The van der Waals surface area contributed by atoms with Gasteiger partial charge in [0.2, 0.25) is 5.91 Å². The van der Waals surface area contributed by atoms with Crippen molar-refractivity contribution in [2.75, 3.05) is 37.7 Å². The zero-order valence-electron chi connectivity index (χ0n) is 19.6. The van der Waals surface area contributed by atoms with Crippen LogP contribution in [0.25, 0.3) is 17.2 Å². The summed E-state index contributed by atoms with van der Waals surface area (Å²) < 4.78 is 5.29. The van der Waals surface area contributed by atoms with Gasteiger partial charge in [0.15, 0.2) is 0 Å². The summed E-state index contributed by atoms with van der Waals surface area (Å²) in [6, 6.07) is 8.19. The molecule has 0 radical (unpaired) electrons. The van der Waals surface area contributed by atoms with Gasteiger partial charge >= 0.3 is 0 Å². The molecule has 1 aliphatic heterocycles. The highest BCUT2D eigenvalue weighted by molar-refractivity contribution is 5.79. The van der Waals surface area contributed by atoms with E-state index in [2.05, 4.69) is 28.6 Å².